The molecule has 1 heterocycles. The van der Waals surface area contributed by atoms with E-state index < -0.39 is 0 Å². The Bertz CT molecular complexity index is 443. The molecule has 0 bridgehead atoms. The molecule has 1 aliphatic heterocycles. The molecular weight excluding hydrogens is 282 g/mol. The zero-order chi connectivity index (χ0) is 15.1. The Hall–Kier alpha value is -1.04. The molecule has 1 aromatic rings. The van der Waals surface area contributed by atoms with Crippen molar-refractivity contribution < 1.29 is 4.79 Å². The van der Waals surface area contributed by atoms with E-state index in [0.717, 1.165) is 18.7 Å². The summed E-state index contributed by atoms with van der Waals surface area (Å²) in [6, 6.07) is 8.15. The van der Waals surface area contributed by atoms with Gasteiger partial charge in [-0.25, -0.2) is 0 Å². The third-order valence-corrected chi connectivity index (χ3v) is 4.79. The van der Waals surface area contributed by atoms with E-state index in [2.05, 4.69) is 22.3 Å². The van der Waals surface area contributed by atoms with Crippen LogP contribution in [-0.4, -0.2) is 48.5 Å². The molecule has 1 unspecified atom stereocenters. The summed E-state index contributed by atoms with van der Waals surface area (Å²) in [6.45, 7) is 5.74. The van der Waals surface area contributed by atoms with E-state index in [0.29, 0.717) is 6.54 Å². The molecule has 4 nitrogen and oxygen atoms in total. The first-order chi connectivity index (χ1) is 10.2. The fraction of sp³-hybridized carbons (Fsp3) is 0.562. The van der Waals surface area contributed by atoms with Crippen LogP contribution in [0.4, 0.5) is 5.69 Å². The smallest absolute Gasteiger partial charge is 0.228 e. The van der Waals surface area contributed by atoms with Crippen LogP contribution in [0.3, 0.4) is 0 Å². The number of hydrogen-bond donors (Lipinski definition) is 2. The minimum absolute atomic E-state index is 0.0175. The second kappa shape index (κ2) is 8.41. The van der Waals surface area contributed by atoms with Crippen molar-refractivity contribution in [3.8, 4) is 0 Å². The average molecular weight is 307 g/mol. The molecule has 0 aromatic heterocycles. The number of thioether (sulfide) groups is 1. The zero-order valence-corrected chi connectivity index (χ0v) is 13.5. The summed E-state index contributed by atoms with van der Waals surface area (Å²) in [5.41, 5.74) is 7.66. The maximum absolute atomic E-state index is 11.8. The molecule has 3 N–H and O–H groups in total. The minimum Gasteiger partial charge on any atom is -0.330 e. The third kappa shape index (κ3) is 5.34. The summed E-state index contributed by atoms with van der Waals surface area (Å²) in [6.07, 6.45) is 1.07. The number of nitrogens with one attached hydrogen (secondary N) is 1. The van der Waals surface area contributed by atoms with Crippen LogP contribution in [0.25, 0.3) is 0 Å². The Kier molecular flexibility index (Phi) is 6.54. The van der Waals surface area contributed by atoms with Crippen LogP contribution in [0.15, 0.2) is 24.3 Å². The predicted molar refractivity (Wildman–Crippen MR) is 90.8 cm³/mol. The van der Waals surface area contributed by atoms with Crippen LogP contribution in [0.1, 0.15) is 12.5 Å². The number of amides is 1. The molecule has 1 fully saturated rings. The number of anilines is 1. The number of carbonyl (C=O) groups excluding carboxylic acids is 1. The normalized spacial score (nSPS) is 17.4. The van der Waals surface area contributed by atoms with E-state index in [4.69, 9.17) is 5.73 Å². The lowest BCUT2D eigenvalue weighted by atomic mass is 10.1. The van der Waals surface area contributed by atoms with Crippen LogP contribution in [0.2, 0.25) is 0 Å². The molecule has 1 atom stereocenters. The Balaban J connectivity index is 1.79. The molecule has 1 aromatic carbocycles. The van der Waals surface area contributed by atoms with E-state index >= 15 is 0 Å². The van der Waals surface area contributed by atoms with Crippen LogP contribution < -0.4 is 11.1 Å². The van der Waals surface area contributed by atoms with E-state index in [9.17, 15) is 4.79 Å². The first-order valence-corrected chi connectivity index (χ1v) is 8.74. The van der Waals surface area contributed by atoms with E-state index in [1.807, 2.05) is 30.8 Å². The van der Waals surface area contributed by atoms with Crippen molar-refractivity contribution in [2.24, 2.45) is 11.7 Å². The largest absolute Gasteiger partial charge is 0.330 e. The first-order valence-electron chi connectivity index (χ1n) is 7.59. The van der Waals surface area contributed by atoms with Gasteiger partial charge >= 0.3 is 0 Å². The van der Waals surface area contributed by atoms with Crippen LogP contribution in [-0.2, 0) is 11.2 Å². The van der Waals surface area contributed by atoms with Gasteiger partial charge < -0.3 is 16.0 Å². The first kappa shape index (κ1) is 16.3. The van der Waals surface area contributed by atoms with Gasteiger partial charge in [-0.15, -0.1) is 0 Å². The molecule has 2 rings (SSSR count). The molecular formula is C16H25N3OS. The van der Waals surface area contributed by atoms with Gasteiger partial charge in [0, 0.05) is 49.3 Å². The Morgan fingerprint density at radius 1 is 1.33 bits per heavy atom. The Labute approximate surface area is 131 Å². The maximum Gasteiger partial charge on any atom is 0.228 e. The van der Waals surface area contributed by atoms with Crippen LogP contribution >= 0.6 is 11.8 Å². The fourth-order valence-corrected chi connectivity index (χ4v) is 3.22. The highest BCUT2D eigenvalue weighted by Crippen LogP contribution is 2.13. The number of hydrogen-bond acceptors (Lipinski definition) is 4. The molecule has 1 amide bonds. The van der Waals surface area contributed by atoms with Gasteiger partial charge in [0.15, 0.2) is 0 Å². The van der Waals surface area contributed by atoms with E-state index in [1.54, 1.807) is 0 Å². The highest BCUT2D eigenvalue weighted by Gasteiger charge is 2.11. The summed E-state index contributed by atoms with van der Waals surface area (Å²) >= 11 is 2.04. The highest BCUT2D eigenvalue weighted by molar-refractivity contribution is 7.99. The second-order valence-electron chi connectivity index (χ2n) is 5.53. The van der Waals surface area contributed by atoms with Crippen molar-refractivity contribution in [2.75, 3.05) is 43.0 Å². The van der Waals surface area contributed by atoms with Gasteiger partial charge in [0.25, 0.3) is 0 Å². The third-order valence-electron chi connectivity index (χ3n) is 3.84. The van der Waals surface area contributed by atoms with Gasteiger partial charge in [0.1, 0.15) is 0 Å². The molecule has 1 aliphatic rings. The lowest BCUT2D eigenvalue weighted by Gasteiger charge is -2.26. The van der Waals surface area contributed by atoms with Crippen LogP contribution in [0.5, 0.6) is 0 Å². The maximum atomic E-state index is 11.8. The number of rotatable bonds is 6. The van der Waals surface area contributed by atoms with Crippen molar-refractivity contribution in [3.63, 3.8) is 0 Å². The number of carbonyl (C=O) groups is 1. The molecule has 0 radical (unpaired) electrons. The van der Waals surface area contributed by atoms with Gasteiger partial charge in [0.05, 0.1) is 0 Å². The standard InChI is InChI=1S/C16H25N3OS/c1-13(12-17)16(20)18-15-4-2-14(3-5-15)6-7-19-8-10-21-11-9-19/h2-5,13H,6-12,17H2,1H3,(H,18,20). The monoisotopic (exact) mass is 307 g/mol. The number of nitrogens with zero attached hydrogens (tertiary/aromatic N) is 1. The summed E-state index contributed by atoms with van der Waals surface area (Å²) in [7, 11) is 0. The second-order valence-corrected chi connectivity index (χ2v) is 6.75. The van der Waals surface area contributed by atoms with Crippen molar-refractivity contribution in [1.82, 2.24) is 4.90 Å². The Morgan fingerprint density at radius 2 is 2.00 bits per heavy atom. The summed E-state index contributed by atoms with van der Waals surface area (Å²) in [5.74, 6) is 2.34. The van der Waals surface area contributed by atoms with Crippen molar-refractivity contribution in [1.29, 1.82) is 0 Å². The van der Waals surface area contributed by atoms with E-state index in [1.165, 1.54) is 30.2 Å². The molecule has 0 spiro atoms. The molecule has 1 saturated heterocycles. The van der Waals surface area contributed by atoms with Gasteiger partial charge in [-0.1, -0.05) is 19.1 Å². The van der Waals surface area contributed by atoms with Crippen molar-refractivity contribution >= 4 is 23.4 Å². The number of benzene rings is 1. The average Bonchev–Trinajstić information content (AvgIpc) is 2.54. The van der Waals surface area contributed by atoms with Crippen LogP contribution in [0, 0.1) is 5.92 Å². The molecule has 0 aliphatic carbocycles. The molecule has 116 valence electrons. The lowest BCUT2D eigenvalue weighted by molar-refractivity contribution is -0.119. The predicted octanol–water partition coefficient (Wildman–Crippen LogP) is 1.81. The SMILES string of the molecule is CC(CN)C(=O)Nc1ccc(CCN2CCSCC2)cc1. The molecule has 5 heteroatoms. The lowest BCUT2D eigenvalue weighted by Crippen LogP contribution is -2.34. The fourth-order valence-electron chi connectivity index (χ4n) is 2.24. The van der Waals surface area contributed by atoms with Gasteiger partial charge in [-0.05, 0) is 24.1 Å². The highest BCUT2D eigenvalue weighted by atomic mass is 32.2. The van der Waals surface area contributed by atoms with Gasteiger partial charge in [-0.2, -0.15) is 11.8 Å². The minimum atomic E-state index is -0.151. The molecule has 21 heavy (non-hydrogen) atoms. The summed E-state index contributed by atoms with van der Waals surface area (Å²) in [4.78, 5) is 14.3. The quantitative estimate of drug-likeness (QED) is 0.841. The zero-order valence-electron chi connectivity index (χ0n) is 12.7. The van der Waals surface area contributed by atoms with Gasteiger partial charge in [-0.3, -0.25) is 4.79 Å². The molecule has 0 saturated carbocycles. The number of nitrogens with two attached hydrogens (primary N) is 1. The van der Waals surface area contributed by atoms with Crippen molar-refractivity contribution in [2.45, 2.75) is 13.3 Å². The van der Waals surface area contributed by atoms with Gasteiger partial charge in [0.2, 0.25) is 5.91 Å². The summed E-state index contributed by atoms with van der Waals surface area (Å²) in [5, 5.41) is 2.89. The topological polar surface area (TPSA) is 58.4 Å². The Morgan fingerprint density at radius 3 is 2.62 bits per heavy atom. The van der Waals surface area contributed by atoms with Crippen molar-refractivity contribution in [3.05, 3.63) is 29.8 Å². The van der Waals surface area contributed by atoms with E-state index in [-0.39, 0.29) is 11.8 Å². The summed E-state index contributed by atoms with van der Waals surface area (Å²) < 4.78 is 0.